The van der Waals surface area contributed by atoms with Crippen LogP contribution in [-0.2, 0) is 14.3 Å². The van der Waals surface area contributed by atoms with Crippen molar-refractivity contribution in [3.63, 3.8) is 0 Å². The molecular weight excluding hydrogens is 444 g/mol. The number of carboxylic acids is 1. The molecule has 1 aliphatic rings. The van der Waals surface area contributed by atoms with Crippen molar-refractivity contribution < 1.29 is 24.2 Å². The van der Waals surface area contributed by atoms with Crippen LogP contribution in [0.5, 0.6) is 0 Å². The summed E-state index contributed by atoms with van der Waals surface area (Å²) >= 11 is 0. The smallest absolute Gasteiger partial charge is 0.407 e. The second-order valence-corrected chi connectivity index (χ2v) is 11.4. The molecule has 7 nitrogen and oxygen atoms in total. The minimum Gasteiger partial charge on any atom is -0.480 e. The molecule has 0 saturated carbocycles. The van der Waals surface area contributed by atoms with Gasteiger partial charge in [-0.1, -0.05) is 90.1 Å². The third-order valence-corrected chi connectivity index (χ3v) is 6.17. The van der Waals surface area contributed by atoms with Crippen LogP contribution in [0.2, 0.25) is 0 Å². The first kappa shape index (κ1) is 26.3. The SMILES string of the molecule is CC(C)(C)CC(NC(=O)C(NC(=O)OCC1c2ccccc2-c2ccccc21)C(C)(C)C)C(=O)O. The molecule has 2 unspecified atom stereocenters. The standard InChI is InChI=1S/C28H36N2O5/c1-27(2,3)15-22(25(32)33)29-24(31)23(28(4,5)6)30-26(34)35-16-21-19-13-9-7-11-17(19)18-12-8-10-14-20(18)21/h7-14,21-23H,15-16H2,1-6H3,(H,29,31)(H,30,34)(H,32,33). The van der Waals surface area contributed by atoms with Gasteiger partial charge in [-0.05, 0) is 39.5 Å². The van der Waals surface area contributed by atoms with Crippen molar-refractivity contribution in [3.8, 4) is 11.1 Å². The summed E-state index contributed by atoms with van der Waals surface area (Å²) in [5.41, 5.74) is 3.48. The molecule has 35 heavy (non-hydrogen) atoms. The fourth-order valence-corrected chi connectivity index (χ4v) is 4.50. The highest BCUT2D eigenvalue weighted by atomic mass is 16.5. The maximum Gasteiger partial charge on any atom is 0.407 e. The Balaban J connectivity index is 1.70. The van der Waals surface area contributed by atoms with E-state index in [0.717, 1.165) is 22.3 Å². The molecule has 3 N–H and O–H groups in total. The highest BCUT2D eigenvalue weighted by Crippen LogP contribution is 2.44. The maximum absolute atomic E-state index is 13.1. The van der Waals surface area contributed by atoms with Crippen molar-refractivity contribution in [1.82, 2.24) is 10.6 Å². The number of amides is 2. The molecule has 0 aromatic heterocycles. The first-order chi connectivity index (χ1) is 16.3. The Bertz CT molecular complexity index is 1050. The first-order valence-electron chi connectivity index (χ1n) is 11.9. The second-order valence-electron chi connectivity index (χ2n) is 11.4. The van der Waals surface area contributed by atoms with Crippen molar-refractivity contribution >= 4 is 18.0 Å². The molecule has 1 aliphatic carbocycles. The summed E-state index contributed by atoms with van der Waals surface area (Å²) in [6.45, 7) is 11.3. The molecule has 2 atom stereocenters. The second kappa shape index (κ2) is 10.1. The lowest BCUT2D eigenvalue weighted by Crippen LogP contribution is -2.57. The Labute approximate surface area is 207 Å². The molecule has 0 fully saturated rings. The summed E-state index contributed by atoms with van der Waals surface area (Å²) in [5, 5.41) is 14.9. The van der Waals surface area contributed by atoms with E-state index in [9.17, 15) is 19.5 Å². The van der Waals surface area contributed by atoms with Crippen LogP contribution in [0.15, 0.2) is 48.5 Å². The van der Waals surface area contributed by atoms with Gasteiger partial charge in [-0.3, -0.25) is 4.79 Å². The molecule has 0 aliphatic heterocycles. The van der Waals surface area contributed by atoms with Gasteiger partial charge in [0.1, 0.15) is 18.7 Å². The zero-order valence-corrected chi connectivity index (χ0v) is 21.3. The first-order valence-corrected chi connectivity index (χ1v) is 11.9. The molecule has 2 aromatic carbocycles. The lowest BCUT2D eigenvalue weighted by Gasteiger charge is -2.32. The zero-order chi connectivity index (χ0) is 26.0. The fraction of sp³-hybridized carbons (Fsp3) is 0.464. The molecule has 0 radical (unpaired) electrons. The Morgan fingerprint density at radius 2 is 1.40 bits per heavy atom. The van der Waals surface area contributed by atoms with E-state index in [-0.39, 0.29) is 24.4 Å². The largest absolute Gasteiger partial charge is 0.480 e. The van der Waals surface area contributed by atoms with Gasteiger partial charge in [0.2, 0.25) is 5.91 Å². The van der Waals surface area contributed by atoms with Crippen molar-refractivity contribution in [2.75, 3.05) is 6.61 Å². The Morgan fingerprint density at radius 3 is 1.86 bits per heavy atom. The number of ether oxygens (including phenoxy) is 1. The molecule has 0 spiro atoms. The monoisotopic (exact) mass is 480 g/mol. The highest BCUT2D eigenvalue weighted by Gasteiger charge is 2.37. The Hall–Kier alpha value is -3.35. The van der Waals surface area contributed by atoms with E-state index in [0.29, 0.717) is 0 Å². The predicted molar refractivity (Wildman–Crippen MR) is 135 cm³/mol. The van der Waals surface area contributed by atoms with E-state index in [1.54, 1.807) is 20.8 Å². The highest BCUT2D eigenvalue weighted by molar-refractivity contribution is 5.90. The van der Waals surface area contributed by atoms with E-state index >= 15 is 0 Å². The quantitative estimate of drug-likeness (QED) is 0.520. The molecular formula is C28H36N2O5. The van der Waals surface area contributed by atoms with Gasteiger partial charge < -0.3 is 20.5 Å². The Kier molecular flexibility index (Phi) is 7.58. The van der Waals surface area contributed by atoms with Gasteiger partial charge in [-0.25, -0.2) is 9.59 Å². The summed E-state index contributed by atoms with van der Waals surface area (Å²) in [4.78, 5) is 37.6. The summed E-state index contributed by atoms with van der Waals surface area (Å²) in [7, 11) is 0. The van der Waals surface area contributed by atoms with Crippen molar-refractivity contribution in [2.24, 2.45) is 10.8 Å². The van der Waals surface area contributed by atoms with Gasteiger partial charge in [0, 0.05) is 5.92 Å². The molecule has 2 aromatic rings. The van der Waals surface area contributed by atoms with Crippen LogP contribution in [0, 0.1) is 10.8 Å². The van der Waals surface area contributed by atoms with Gasteiger partial charge in [0.05, 0.1) is 0 Å². The van der Waals surface area contributed by atoms with Crippen LogP contribution < -0.4 is 10.6 Å². The number of fused-ring (bicyclic) bond motifs is 3. The average molecular weight is 481 g/mol. The summed E-state index contributed by atoms with van der Waals surface area (Å²) in [6.07, 6.45) is -0.458. The van der Waals surface area contributed by atoms with E-state index in [4.69, 9.17) is 4.74 Å². The number of hydrogen-bond acceptors (Lipinski definition) is 4. The van der Waals surface area contributed by atoms with E-state index in [1.807, 2.05) is 57.2 Å². The lowest BCUT2D eigenvalue weighted by atomic mass is 9.85. The number of carboxylic acid groups (broad SMARTS) is 1. The van der Waals surface area contributed by atoms with Crippen molar-refractivity contribution in [1.29, 1.82) is 0 Å². The molecule has 0 bridgehead atoms. The number of rotatable bonds is 7. The number of aliphatic carboxylic acids is 1. The van der Waals surface area contributed by atoms with Crippen LogP contribution in [-0.4, -0.2) is 41.8 Å². The summed E-state index contributed by atoms with van der Waals surface area (Å²) in [6, 6.07) is 14.1. The summed E-state index contributed by atoms with van der Waals surface area (Å²) < 4.78 is 5.60. The zero-order valence-electron chi connectivity index (χ0n) is 21.3. The normalized spacial score (nSPS) is 14.9. The van der Waals surface area contributed by atoms with E-state index in [2.05, 4.69) is 22.8 Å². The number of alkyl carbamates (subject to hydrolysis) is 1. The average Bonchev–Trinajstić information content (AvgIpc) is 3.07. The van der Waals surface area contributed by atoms with Gasteiger partial charge in [0.25, 0.3) is 0 Å². The van der Waals surface area contributed by atoms with E-state index < -0.39 is 35.5 Å². The number of carbonyl (C=O) groups is 3. The van der Waals surface area contributed by atoms with Crippen molar-refractivity contribution in [2.45, 2.75) is 66.0 Å². The lowest BCUT2D eigenvalue weighted by molar-refractivity contribution is -0.143. The molecule has 7 heteroatoms. The van der Waals surface area contributed by atoms with E-state index in [1.165, 1.54) is 0 Å². The number of nitrogens with one attached hydrogen (secondary N) is 2. The molecule has 0 saturated heterocycles. The molecule has 0 heterocycles. The van der Waals surface area contributed by atoms with Crippen LogP contribution >= 0.6 is 0 Å². The third kappa shape index (κ3) is 6.41. The summed E-state index contributed by atoms with van der Waals surface area (Å²) in [5.74, 6) is -1.76. The molecule has 188 valence electrons. The third-order valence-electron chi connectivity index (χ3n) is 6.17. The molecule has 3 rings (SSSR count). The van der Waals surface area contributed by atoms with Crippen molar-refractivity contribution in [3.05, 3.63) is 59.7 Å². The van der Waals surface area contributed by atoms with Crippen LogP contribution in [0.25, 0.3) is 11.1 Å². The topological polar surface area (TPSA) is 105 Å². The maximum atomic E-state index is 13.1. The minimum atomic E-state index is -1.11. The minimum absolute atomic E-state index is 0.0989. The van der Waals surface area contributed by atoms with Crippen LogP contribution in [0.4, 0.5) is 4.79 Å². The van der Waals surface area contributed by atoms with Gasteiger partial charge in [-0.2, -0.15) is 0 Å². The predicted octanol–water partition coefficient (Wildman–Crippen LogP) is 4.95. The van der Waals surface area contributed by atoms with Gasteiger partial charge in [-0.15, -0.1) is 0 Å². The number of benzene rings is 2. The molecule has 2 amide bonds. The number of carbonyl (C=O) groups excluding carboxylic acids is 2. The fourth-order valence-electron chi connectivity index (χ4n) is 4.50. The van der Waals surface area contributed by atoms with Gasteiger partial charge >= 0.3 is 12.1 Å². The van der Waals surface area contributed by atoms with Crippen LogP contribution in [0.3, 0.4) is 0 Å². The number of hydrogen-bond donors (Lipinski definition) is 3. The van der Waals surface area contributed by atoms with Gasteiger partial charge in [0.15, 0.2) is 0 Å². The van der Waals surface area contributed by atoms with Crippen LogP contribution in [0.1, 0.15) is 65.0 Å². The Morgan fingerprint density at radius 1 is 0.886 bits per heavy atom.